The van der Waals surface area contributed by atoms with Gasteiger partial charge in [0.1, 0.15) is 0 Å². The van der Waals surface area contributed by atoms with Gasteiger partial charge in [-0.25, -0.2) is 0 Å². The molecule has 4 heteroatoms. The highest BCUT2D eigenvalue weighted by Gasteiger charge is 2.16. The van der Waals surface area contributed by atoms with Crippen LogP contribution in [0, 0.1) is 0 Å². The van der Waals surface area contributed by atoms with E-state index in [1.165, 1.54) is 6.42 Å². The molecule has 0 aromatic carbocycles. The van der Waals surface area contributed by atoms with Gasteiger partial charge >= 0.3 is 0 Å². The Morgan fingerprint density at radius 3 is 3.15 bits per heavy atom. The minimum atomic E-state index is 0.699. The molecule has 1 rings (SSSR count). The molecule has 0 bridgehead atoms. The molecule has 1 atom stereocenters. The zero-order valence-electron chi connectivity index (χ0n) is 8.38. The number of nitrogens with one attached hydrogen (secondary N) is 1. The van der Waals surface area contributed by atoms with Crippen molar-refractivity contribution in [1.29, 1.82) is 0 Å². The van der Waals surface area contributed by atoms with Crippen molar-refractivity contribution in [3.8, 4) is 0 Å². The molecule has 0 aromatic rings. The third kappa shape index (κ3) is 4.00. The SMILES string of the molecule is CCC1CN=C(NCCCOC)S1. The van der Waals surface area contributed by atoms with Crippen LogP contribution in [0.4, 0.5) is 0 Å². The summed E-state index contributed by atoms with van der Waals surface area (Å²) in [5.74, 6) is 0. The van der Waals surface area contributed by atoms with Gasteiger partial charge in [0.05, 0.1) is 6.54 Å². The lowest BCUT2D eigenvalue weighted by molar-refractivity contribution is 0.196. The maximum Gasteiger partial charge on any atom is 0.156 e. The molecule has 0 aromatic heterocycles. The number of ether oxygens (including phenoxy) is 1. The zero-order valence-corrected chi connectivity index (χ0v) is 9.19. The van der Waals surface area contributed by atoms with Crippen molar-refractivity contribution in [2.45, 2.75) is 25.0 Å². The maximum absolute atomic E-state index is 4.96. The maximum atomic E-state index is 4.96. The van der Waals surface area contributed by atoms with Crippen LogP contribution in [0.25, 0.3) is 0 Å². The molecule has 1 heterocycles. The summed E-state index contributed by atoms with van der Waals surface area (Å²) in [4.78, 5) is 4.41. The summed E-state index contributed by atoms with van der Waals surface area (Å²) < 4.78 is 4.96. The van der Waals surface area contributed by atoms with E-state index in [0.717, 1.165) is 31.3 Å². The quantitative estimate of drug-likeness (QED) is 0.686. The Kier molecular flexibility index (Phi) is 5.23. The van der Waals surface area contributed by atoms with Gasteiger partial charge in [0.2, 0.25) is 0 Å². The zero-order chi connectivity index (χ0) is 9.52. The van der Waals surface area contributed by atoms with Crippen LogP contribution in [0.2, 0.25) is 0 Å². The number of amidine groups is 1. The van der Waals surface area contributed by atoms with Gasteiger partial charge in [-0.2, -0.15) is 0 Å². The fourth-order valence-electron chi connectivity index (χ4n) is 1.14. The van der Waals surface area contributed by atoms with Crippen molar-refractivity contribution in [2.24, 2.45) is 4.99 Å². The van der Waals surface area contributed by atoms with Crippen LogP contribution in [-0.2, 0) is 4.74 Å². The summed E-state index contributed by atoms with van der Waals surface area (Å²) in [6, 6.07) is 0. The standard InChI is InChI=1S/C9H18N2OS/c1-3-8-7-11-9(13-8)10-5-4-6-12-2/h8H,3-7H2,1-2H3,(H,10,11). The van der Waals surface area contributed by atoms with Crippen LogP contribution in [0.3, 0.4) is 0 Å². The molecule has 0 aliphatic carbocycles. The normalized spacial score (nSPS) is 21.7. The number of nitrogens with zero attached hydrogens (tertiary/aromatic N) is 1. The summed E-state index contributed by atoms with van der Waals surface area (Å²) in [7, 11) is 1.73. The van der Waals surface area contributed by atoms with E-state index in [9.17, 15) is 0 Å². The van der Waals surface area contributed by atoms with Crippen LogP contribution in [-0.4, -0.2) is 37.2 Å². The minimum Gasteiger partial charge on any atom is -0.385 e. The van der Waals surface area contributed by atoms with E-state index in [1.807, 2.05) is 11.8 Å². The number of aliphatic imine (C=N–C) groups is 1. The van der Waals surface area contributed by atoms with Gasteiger partial charge in [0.15, 0.2) is 5.17 Å². The van der Waals surface area contributed by atoms with E-state index >= 15 is 0 Å². The van der Waals surface area contributed by atoms with Crippen molar-refractivity contribution in [2.75, 3.05) is 26.8 Å². The fourth-order valence-corrected chi connectivity index (χ4v) is 2.10. The Hall–Kier alpha value is -0.220. The average molecular weight is 202 g/mol. The Bertz CT molecular complexity index is 173. The molecule has 1 N–H and O–H groups in total. The molecule has 1 unspecified atom stereocenters. The van der Waals surface area contributed by atoms with Gasteiger partial charge in [-0.15, -0.1) is 0 Å². The van der Waals surface area contributed by atoms with Crippen LogP contribution in [0.5, 0.6) is 0 Å². The van der Waals surface area contributed by atoms with Crippen molar-refractivity contribution in [3.05, 3.63) is 0 Å². The summed E-state index contributed by atoms with van der Waals surface area (Å²) in [5.41, 5.74) is 0. The van der Waals surface area contributed by atoms with Gasteiger partial charge in [0, 0.05) is 25.5 Å². The van der Waals surface area contributed by atoms with E-state index in [4.69, 9.17) is 4.74 Å². The fraction of sp³-hybridized carbons (Fsp3) is 0.889. The van der Waals surface area contributed by atoms with E-state index in [1.54, 1.807) is 7.11 Å². The molecule has 0 saturated heterocycles. The lowest BCUT2D eigenvalue weighted by atomic mass is 10.3. The number of hydrogen-bond acceptors (Lipinski definition) is 4. The number of hydrogen-bond donors (Lipinski definition) is 1. The Balaban J connectivity index is 2.03. The molecule has 0 spiro atoms. The lowest BCUT2D eigenvalue weighted by Gasteiger charge is -2.06. The summed E-state index contributed by atoms with van der Waals surface area (Å²) >= 11 is 1.87. The first-order chi connectivity index (χ1) is 6.36. The third-order valence-electron chi connectivity index (χ3n) is 1.97. The average Bonchev–Trinajstić information content (AvgIpc) is 2.60. The second-order valence-corrected chi connectivity index (χ2v) is 4.36. The Morgan fingerprint density at radius 1 is 1.69 bits per heavy atom. The highest BCUT2D eigenvalue weighted by atomic mass is 32.2. The Labute approximate surface area is 84.3 Å². The van der Waals surface area contributed by atoms with E-state index in [2.05, 4.69) is 17.2 Å². The molecular weight excluding hydrogens is 184 g/mol. The van der Waals surface area contributed by atoms with Gasteiger partial charge in [0.25, 0.3) is 0 Å². The van der Waals surface area contributed by atoms with Crippen LogP contribution in [0.1, 0.15) is 19.8 Å². The van der Waals surface area contributed by atoms with E-state index in [-0.39, 0.29) is 0 Å². The minimum absolute atomic E-state index is 0.699. The first kappa shape index (κ1) is 10.9. The largest absolute Gasteiger partial charge is 0.385 e. The molecule has 13 heavy (non-hydrogen) atoms. The topological polar surface area (TPSA) is 33.6 Å². The second-order valence-electron chi connectivity index (χ2n) is 3.07. The number of rotatable bonds is 5. The first-order valence-corrected chi connectivity index (χ1v) is 5.68. The van der Waals surface area contributed by atoms with E-state index < -0.39 is 0 Å². The smallest absolute Gasteiger partial charge is 0.156 e. The first-order valence-electron chi connectivity index (χ1n) is 4.80. The predicted octanol–water partition coefficient (Wildman–Crippen LogP) is 1.49. The molecule has 0 fully saturated rings. The second kappa shape index (κ2) is 6.27. The number of thioether (sulfide) groups is 1. The van der Waals surface area contributed by atoms with Gasteiger partial charge in [-0.05, 0) is 12.8 Å². The molecular formula is C9H18N2OS. The highest BCUT2D eigenvalue weighted by molar-refractivity contribution is 8.14. The summed E-state index contributed by atoms with van der Waals surface area (Å²) in [5, 5.41) is 5.13. The van der Waals surface area contributed by atoms with Gasteiger partial charge < -0.3 is 10.1 Å². The van der Waals surface area contributed by atoms with Crippen molar-refractivity contribution in [3.63, 3.8) is 0 Å². The summed E-state index contributed by atoms with van der Waals surface area (Å²) in [6.07, 6.45) is 2.25. The number of methoxy groups -OCH3 is 1. The van der Waals surface area contributed by atoms with Crippen molar-refractivity contribution < 1.29 is 4.74 Å². The molecule has 1 aliphatic rings. The molecule has 0 radical (unpaired) electrons. The highest BCUT2D eigenvalue weighted by Crippen LogP contribution is 2.21. The monoisotopic (exact) mass is 202 g/mol. The van der Waals surface area contributed by atoms with Gasteiger partial charge in [-0.3, -0.25) is 4.99 Å². The summed E-state index contributed by atoms with van der Waals surface area (Å²) in [6.45, 7) is 4.98. The van der Waals surface area contributed by atoms with Gasteiger partial charge in [-0.1, -0.05) is 18.7 Å². The van der Waals surface area contributed by atoms with Crippen LogP contribution >= 0.6 is 11.8 Å². The molecule has 76 valence electrons. The van der Waals surface area contributed by atoms with Crippen LogP contribution in [0.15, 0.2) is 4.99 Å². The van der Waals surface area contributed by atoms with Crippen molar-refractivity contribution >= 4 is 16.9 Å². The molecule has 3 nitrogen and oxygen atoms in total. The molecule has 0 amide bonds. The third-order valence-corrected chi connectivity index (χ3v) is 3.29. The molecule has 1 aliphatic heterocycles. The molecule has 0 saturated carbocycles. The predicted molar refractivity (Wildman–Crippen MR) is 58.5 cm³/mol. The van der Waals surface area contributed by atoms with E-state index in [0.29, 0.717) is 5.25 Å². The van der Waals surface area contributed by atoms with Crippen molar-refractivity contribution in [1.82, 2.24) is 5.32 Å². The Morgan fingerprint density at radius 2 is 2.54 bits per heavy atom. The lowest BCUT2D eigenvalue weighted by Crippen LogP contribution is -2.21. The van der Waals surface area contributed by atoms with Crippen LogP contribution < -0.4 is 5.32 Å².